The zero-order valence-electron chi connectivity index (χ0n) is 18.5. The van der Waals surface area contributed by atoms with Crippen LogP contribution in [0.15, 0.2) is 48.7 Å². The summed E-state index contributed by atoms with van der Waals surface area (Å²) in [6.07, 6.45) is 2.81. The SMILES string of the molecule is CCOC(=O)N1CCC(NC(=O)c2ccc(N3CCN[C@H](c4ccccc4)C3)nc2)CC1. The van der Waals surface area contributed by atoms with Crippen LogP contribution in [0.1, 0.15) is 41.7 Å². The number of benzene rings is 1. The van der Waals surface area contributed by atoms with Crippen LogP contribution in [0.2, 0.25) is 0 Å². The highest BCUT2D eigenvalue weighted by Gasteiger charge is 2.25. The molecule has 2 N–H and O–H groups in total. The normalized spacial score (nSPS) is 19.5. The highest BCUT2D eigenvalue weighted by Crippen LogP contribution is 2.21. The number of rotatable bonds is 5. The van der Waals surface area contributed by atoms with Gasteiger partial charge in [0.15, 0.2) is 0 Å². The number of piperidine rings is 1. The quantitative estimate of drug-likeness (QED) is 0.748. The predicted octanol–water partition coefficient (Wildman–Crippen LogP) is 2.58. The molecule has 32 heavy (non-hydrogen) atoms. The summed E-state index contributed by atoms with van der Waals surface area (Å²) >= 11 is 0. The summed E-state index contributed by atoms with van der Waals surface area (Å²) in [5.41, 5.74) is 1.82. The van der Waals surface area contributed by atoms with E-state index in [4.69, 9.17) is 4.74 Å². The Morgan fingerprint density at radius 2 is 1.91 bits per heavy atom. The molecule has 0 aliphatic carbocycles. The van der Waals surface area contributed by atoms with E-state index < -0.39 is 0 Å². The number of hydrogen-bond donors (Lipinski definition) is 2. The number of nitrogens with one attached hydrogen (secondary N) is 2. The van der Waals surface area contributed by atoms with Crippen molar-refractivity contribution >= 4 is 17.8 Å². The first-order valence-electron chi connectivity index (χ1n) is 11.4. The van der Waals surface area contributed by atoms with E-state index in [0.717, 1.165) is 38.3 Å². The second-order valence-corrected chi connectivity index (χ2v) is 8.20. The standard InChI is InChI=1S/C24H31N5O3/c1-2-32-24(31)28-13-10-20(11-14-28)27-23(30)19-8-9-22(26-16-19)29-15-12-25-21(17-29)18-6-4-3-5-7-18/h3-9,16,20-21,25H,2,10-15,17H2,1H3,(H,27,30)/t21-/m0/s1. The zero-order chi connectivity index (χ0) is 22.3. The second-order valence-electron chi connectivity index (χ2n) is 8.20. The summed E-state index contributed by atoms with van der Waals surface area (Å²) in [6, 6.07) is 14.5. The number of hydrogen-bond acceptors (Lipinski definition) is 6. The smallest absolute Gasteiger partial charge is 0.409 e. The molecule has 0 unspecified atom stereocenters. The third-order valence-corrected chi connectivity index (χ3v) is 6.07. The Labute approximate surface area is 188 Å². The number of pyridine rings is 1. The van der Waals surface area contributed by atoms with Gasteiger partial charge in [0.1, 0.15) is 5.82 Å². The van der Waals surface area contributed by atoms with Crippen molar-refractivity contribution in [3.63, 3.8) is 0 Å². The molecule has 3 heterocycles. The largest absolute Gasteiger partial charge is 0.450 e. The first-order valence-corrected chi connectivity index (χ1v) is 11.4. The van der Waals surface area contributed by atoms with Crippen LogP contribution >= 0.6 is 0 Å². The molecule has 0 spiro atoms. The average Bonchev–Trinajstić information content (AvgIpc) is 2.85. The van der Waals surface area contributed by atoms with Gasteiger partial charge in [-0.05, 0) is 37.5 Å². The summed E-state index contributed by atoms with van der Waals surface area (Å²) < 4.78 is 5.04. The molecule has 2 amide bonds. The fraction of sp³-hybridized carbons (Fsp3) is 0.458. The van der Waals surface area contributed by atoms with E-state index in [-0.39, 0.29) is 24.1 Å². The molecule has 1 atom stereocenters. The second kappa shape index (κ2) is 10.5. The van der Waals surface area contributed by atoms with E-state index >= 15 is 0 Å². The van der Waals surface area contributed by atoms with Crippen LogP contribution in [0.4, 0.5) is 10.6 Å². The Morgan fingerprint density at radius 3 is 2.59 bits per heavy atom. The van der Waals surface area contributed by atoms with Crippen molar-refractivity contribution < 1.29 is 14.3 Å². The number of nitrogens with zero attached hydrogens (tertiary/aromatic N) is 3. The van der Waals surface area contributed by atoms with Gasteiger partial charge in [0.25, 0.3) is 5.91 Å². The fourth-order valence-corrected chi connectivity index (χ4v) is 4.26. The predicted molar refractivity (Wildman–Crippen MR) is 123 cm³/mol. The lowest BCUT2D eigenvalue weighted by Crippen LogP contribution is -2.47. The summed E-state index contributed by atoms with van der Waals surface area (Å²) in [7, 11) is 0. The van der Waals surface area contributed by atoms with E-state index in [1.807, 2.05) is 18.2 Å². The van der Waals surface area contributed by atoms with Gasteiger partial charge >= 0.3 is 6.09 Å². The molecule has 1 aromatic heterocycles. The topological polar surface area (TPSA) is 86.8 Å². The molecule has 8 nitrogen and oxygen atoms in total. The molecule has 2 saturated heterocycles. The molecule has 8 heteroatoms. The zero-order valence-corrected chi connectivity index (χ0v) is 18.5. The lowest BCUT2D eigenvalue weighted by molar-refractivity contribution is 0.0860. The van der Waals surface area contributed by atoms with Gasteiger partial charge in [-0.1, -0.05) is 30.3 Å². The lowest BCUT2D eigenvalue weighted by Gasteiger charge is -2.34. The van der Waals surface area contributed by atoms with Crippen molar-refractivity contribution in [2.45, 2.75) is 31.8 Å². The van der Waals surface area contributed by atoms with Crippen LogP contribution in [0.25, 0.3) is 0 Å². The van der Waals surface area contributed by atoms with Gasteiger partial charge in [0.05, 0.1) is 12.2 Å². The molecule has 2 aliphatic heterocycles. The molecule has 1 aromatic carbocycles. The summed E-state index contributed by atoms with van der Waals surface area (Å²) in [6.45, 7) is 5.95. The number of aromatic nitrogens is 1. The number of ether oxygens (including phenoxy) is 1. The number of anilines is 1. The van der Waals surface area contributed by atoms with Gasteiger partial charge in [-0.15, -0.1) is 0 Å². The van der Waals surface area contributed by atoms with Gasteiger partial charge in [-0.25, -0.2) is 9.78 Å². The Balaban J connectivity index is 1.30. The molecule has 2 aliphatic rings. The minimum Gasteiger partial charge on any atom is -0.450 e. The molecule has 2 aromatic rings. The molecule has 170 valence electrons. The van der Waals surface area contributed by atoms with E-state index in [2.05, 4.69) is 44.8 Å². The Hall–Kier alpha value is -3.13. The van der Waals surface area contributed by atoms with E-state index in [1.54, 1.807) is 18.0 Å². The van der Waals surface area contributed by atoms with Crippen molar-refractivity contribution in [2.75, 3.05) is 44.2 Å². The van der Waals surface area contributed by atoms with Crippen molar-refractivity contribution in [3.05, 3.63) is 59.8 Å². The third-order valence-electron chi connectivity index (χ3n) is 6.07. The molecular weight excluding hydrogens is 406 g/mol. The van der Waals surface area contributed by atoms with Crippen LogP contribution in [0.5, 0.6) is 0 Å². The number of likely N-dealkylation sites (tertiary alicyclic amines) is 1. The van der Waals surface area contributed by atoms with Crippen LogP contribution in [-0.4, -0.2) is 67.3 Å². The van der Waals surface area contributed by atoms with Crippen molar-refractivity contribution in [3.8, 4) is 0 Å². The summed E-state index contributed by atoms with van der Waals surface area (Å²) in [5.74, 6) is 0.757. The number of carbonyl (C=O) groups excluding carboxylic acids is 2. The average molecular weight is 438 g/mol. The maximum Gasteiger partial charge on any atom is 0.409 e. The molecular formula is C24H31N5O3. The van der Waals surface area contributed by atoms with Crippen LogP contribution < -0.4 is 15.5 Å². The number of carbonyl (C=O) groups is 2. The number of amides is 2. The third kappa shape index (κ3) is 5.37. The molecule has 2 fully saturated rings. The number of piperazine rings is 1. The van der Waals surface area contributed by atoms with E-state index in [9.17, 15) is 9.59 Å². The van der Waals surface area contributed by atoms with Gasteiger partial charge in [-0.2, -0.15) is 0 Å². The molecule has 0 bridgehead atoms. The highest BCUT2D eigenvalue weighted by atomic mass is 16.6. The first kappa shape index (κ1) is 22.1. The first-order chi connectivity index (χ1) is 15.6. The maximum atomic E-state index is 12.7. The summed E-state index contributed by atoms with van der Waals surface area (Å²) in [4.78, 5) is 33.0. The van der Waals surface area contributed by atoms with Gasteiger partial charge in [0, 0.05) is 51.0 Å². The van der Waals surface area contributed by atoms with Crippen LogP contribution in [-0.2, 0) is 4.74 Å². The lowest BCUT2D eigenvalue weighted by atomic mass is 10.0. The van der Waals surface area contributed by atoms with Crippen molar-refractivity contribution in [1.82, 2.24) is 20.5 Å². The molecule has 0 radical (unpaired) electrons. The fourth-order valence-electron chi connectivity index (χ4n) is 4.26. The summed E-state index contributed by atoms with van der Waals surface area (Å²) in [5, 5.41) is 6.63. The Kier molecular flexibility index (Phi) is 7.21. The van der Waals surface area contributed by atoms with Crippen molar-refractivity contribution in [1.29, 1.82) is 0 Å². The van der Waals surface area contributed by atoms with E-state index in [0.29, 0.717) is 25.3 Å². The van der Waals surface area contributed by atoms with Gasteiger partial charge in [0.2, 0.25) is 0 Å². The van der Waals surface area contributed by atoms with Gasteiger partial charge in [-0.3, -0.25) is 4.79 Å². The van der Waals surface area contributed by atoms with Crippen molar-refractivity contribution in [2.24, 2.45) is 0 Å². The van der Waals surface area contributed by atoms with Gasteiger partial charge < -0.3 is 25.2 Å². The molecule has 0 saturated carbocycles. The van der Waals surface area contributed by atoms with Crippen LogP contribution in [0, 0.1) is 0 Å². The maximum absolute atomic E-state index is 12.7. The monoisotopic (exact) mass is 437 g/mol. The molecule has 4 rings (SSSR count). The van der Waals surface area contributed by atoms with Crippen LogP contribution in [0.3, 0.4) is 0 Å². The highest BCUT2D eigenvalue weighted by molar-refractivity contribution is 5.94. The van der Waals surface area contributed by atoms with E-state index in [1.165, 1.54) is 5.56 Å². The Bertz CT molecular complexity index is 898. The minimum absolute atomic E-state index is 0.0488. The minimum atomic E-state index is -0.278. The Morgan fingerprint density at radius 1 is 1.12 bits per heavy atom.